The molecule has 2 aromatic heterocycles. The topological polar surface area (TPSA) is 4.93 Å². The average Bonchev–Trinajstić information content (AvgIpc) is 2.92. The second-order valence-corrected chi connectivity index (χ2v) is 6.42. The third-order valence-corrected chi connectivity index (χ3v) is 4.42. The van der Waals surface area contributed by atoms with Gasteiger partial charge in [0.15, 0.2) is 0 Å². The first-order valence-corrected chi connectivity index (χ1v) is 7.65. The second-order valence-electron chi connectivity index (χ2n) is 5.47. The van der Waals surface area contributed by atoms with Gasteiger partial charge in [-0.05, 0) is 35.9 Å². The normalized spacial score (nSPS) is 11.6. The van der Waals surface area contributed by atoms with Gasteiger partial charge in [-0.1, -0.05) is 43.7 Å². The van der Waals surface area contributed by atoms with Crippen molar-refractivity contribution in [2.75, 3.05) is 0 Å². The monoisotopic (exact) mass is 269 g/mol. The zero-order valence-electron chi connectivity index (χ0n) is 11.7. The van der Waals surface area contributed by atoms with E-state index in [0.717, 1.165) is 6.54 Å². The van der Waals surface area contributed by atoms with Crippen LogP contribution in [0, 0.1) is 6.92 Å². The van der Waals surface area contributed by atoms with Gasteiger partial charge >= 0.3 is 0 Å². The Bertz CT molecular complexity index is 703. The second kappa shape index (κ2) is 4.86. The molecule has 0 spiro atoms. The lowest BCUT2D eigenvalue weighted by molar-refractivity contribution is 0.710. The van der Waals surface area contributed by atoms with Crippen molar-refractivity contribution in [3.63, 3.8) is 0 Å². The molecule has 0 aliphatic rings. The summed E-state index contributed by atoms with van der Waals surface area (Å²) in [5, 5.41) is 2.18. The van der Waals surface area contributed by atoms with Crippen LogP contribution in [0.4, 0.5) is 0 Å². The smallest absolute Gasteiger partial charge is 0.0595 e. The van der Waals surface area contributed by atoms with Crippen LogP contribution in [-0.2, 0) is 6.54 Å². The molecule has 0 aliphatic heterocycles. The first-order chi connectivity index (χ1) is 9.15. The van der Waals surface area contributed by atoms with Crippen LogP contribution in [0.5, 0.6) is 0 Å². The molecule has 1 nitrogen and oxygen atoms in total. The molecule has 0 unspecified atom stereocenters. The van der Waals surface area contributed by atoms with Crippen molar-refractivity contribution in [3.8, 4) is 0 Å². The standard InChI is InChI=1S/C17H19NS/c1-12(2)16-10-17-15(7-8-19-17)18(16)11-14-6-4-5-13(3)9-14/h4-10,12H,11H2,1-3H3. The van der Waals surface area contributed by atoms with Gasteiger partial charge in [0.05, 0.1) is 10.2 Å². The summed E-state index contributed by atoms with van der Waals surface area (Å²) in [4.78, 5) is 0. The van der Waals surface area contributed by atoms with Crippen LogP contribution in [0.1, 0.15) is 36.6 Å². The Morgan fingerprint density at radius 1 is 1.16 bits per heavy atom. The zero-order chi connectivity index (χ0) is 13.4. The molecule has 0 saturated heterocycles. The number of nitrogens with zero attached hydrogens (tertiary/aromatic N) is 1. The highest BCUT2D eigenvalue weighted by Crippen LogP contribution is 2.30. The van der Waals surface area contributed by atoms with E-state index >= 15 is 0 Å². The van der Waals surface area contributed by atoms with Crippen LogP contribution < -0.4 is 0 Å². The SMILES string of the molecule is Cc1cccc(Cn2c(C(C)C)cc3sccc32)c1. The molecule has 1 aromatic carbocycles. The van der Waals surface area contributed by atoms with Gasteiger partial charge in [0.2, 0.25) is 0 Å². The number of hydrogen-bond acceptors (Lipinski definition) is 1. The van der Waals surface area contributed by atoms with E-state index < -0.39 is 0 Å². The predicted octanol–water partition coefficient (Wildman–Crippen LogP) is 5.18. The summed E-state index contributed by atoms with van der Waals surface area (Å²) in [6.07, 6.45) is 0. The highest BCUT2D eigenvalue weighted by atomic mass is 32.1. The minimum atomic E-state index is 0.560. The van der Waals surface area contributed by atoms with Gasteiger partial charge in [0.1, 0.15) is 0 Å². The van der Waals surface area contributed by atoms with Crippen molar-refractivity contribution in [3.05, 3.63) is 58.6 Å². The number of rotatable bonds is 3. The first-order valence-electron chi connectivity index (χ1n) is 6.77. The van der Waals surface area contributed by atoms with Crippen LogP contribution in [0.3, 0.4) is 0 Å². The Hall–Kier alpha value is -1.54. The summed E-state index contributed by atoms with van der Waals surface area (Å²) in [7, 11) is 0. The van der Waals surface area contributed by atoms with Gasteiger partial charge in [-0.2, -0.15) is 0 Å². The Labute approximate surface area is 118 Å². The molecule has 3 aromatic rings. The molecule has 0 N–H and O–H groups in total. The molecule has 0 fully saturated rings. The van der Waals surface area contributed by atoms with Gasteiger partial charge < -0.3 is 4.57 Å². The van der Waals surface area contributed by atoms with Crippen molar-refractivity contribution < 1.29 is 0 Å². The predicted molar refractivity (Wildman–Crippen MR) is 84.2 cm³/mol. The maximum Gasteiger partial charge on any atom is 0.0595 e. The zero-order valence-corrected chi connectivity index (χ0v) is 12.5. The number of thiophene rings is 1. The lowest BCUT2D eigenvalue weighted by atomic mass is 10.1. The van der Waals surface area contributed by atoms with Crippen LogP contribution in [0.25, 0.3) is 10.2 Å². The van der Waals surface area contributed by atoms with E-state index in [-0.39, 0.29) is 0 Å². The fraction of sp³-hybridized carbons (Fsp3) is 0.294. The third-order valence-electron chi connectivity index (χ3n) is 3.57. The maximum atomic E-state index is 2.46. The number of aryl methyl sites for hydroxylation is 1. The largest absolute Gasteiger partial charge is 0.339 e. The van der Waals surface area contributed by atoms with Gasteiger partial charge in [-0.3, -0.25) is 0 Å². The summed E-state index contributed by atoms with van der Waals surface area (Å²) < 4.78 is 3.86. The van der Waals surface area contributed by atoms with Crippen molar-refractivity contribution in [2.45, 2.75) is 33.2 Å². The molecule has 2 heterocycles. The summed E-state index contributed by atoms with van der Waals surface area (Å²) in [6, 6.07) is 13.4. The van der Waals surface area contributed by atoms with Crippen molar-refractivity contribution in [2.24, 2.45) is 0 Å². The first kappa shape index (κ1) is 12.5. The Balaban J connectivity index is 2.07. The van der Waals surface area contributed by atoms with Crippen LogP contribution in [0.15, 0.2) is 41.8 Å². The molecule has 2 heteroatoms. The molecule has 0 bridgehead atoms. The van der Waals surface area contributed by atoms with E-state index in [0.29, 0.717) is 5.92 Å². The van der Waals surface area contributed by atoms with Crippen molar-refractivity contribution in [1.29, 1.82) is 0 Å². The minimum Gasteiger partial charge on any atom is -0.339 e. The highest BCUT2D eigenvalue weighted by molar-refractivity contribution is 7.17. The average molecular weight is 269 g/mol. The third kappa shape index (κ3) is 2.33. The number of aromatic nitrogens is 1. The van der Waals surface area contributed by atoms with Crippen LogP contribution >= 0.6 is 11.3 Å². The van der Waals surface area contributed by atoms with E-state index in [9.17, 15) is 0 Å². The van der Waals surface area contributed by atoms with E-state index in [1.165, 1.54) is 27.0 Å². The molecule has 0 radical (unpaired) electrons. The maximum absolute atomic E-state index is 2.46. The lowest BCUT2D eigenvalue weighted by Gasteiger charge is -2.13. The summed E-state index contributed by atoms with van der Waals surface area (Å²) in [5.74, 6) is 0.560. The molecule has 0 atom stereocenters. The Morgan fingerprint density at radius 2 is 2.00 bits per heavy atom. The number of hydrogen-bond donors (Lipinski definition) is 0. The van der Waals surface area contributed by atoms with Crippen molar-refractivity contribution in [1.82, 2.24) is 4.57 Å². The van der Waals surface area contributed by atoms with E-state index in [4.69, 9.17) is 0 Å². The van der Waals surface area contributed by atoms with E-state index in [1.54, 1.807) is 0 Å². The molecule has 98 valence electrons. The van der Waals surface area contributed by atoms with Gasteiger partial charge in [-0.25, -0.2) is 0 Å². The summed E-state index contributed by atoms with van der Waals surface area (Å²) >= 11 is 1.83. The molecule has 3 rings (SSSR count). The van der Waals surface area contributed by atoms with Crippen LogP contribution in [0.2, 0.25) is 0 Å². The molecular formula is C17H19NS. The van der Waals surface area contributed by atoms with Crippen LogP contribution in [-0.4, -0.2) is 4.57 Å². The Morgan fingerprint density at radius 3 is 2.74 bits per heavy atom. The Kier molecular flexibility index (Phi) is 3.19. The number of fused-ring (bicyclic) bond motifs is 1. The fourth-order valence-corrected chi connectivity index (χ4v) is 3.48. The molecule has 0 aliphatic carbocycles. The molecule has 0 amide bonds. The van der Waals surface area contributed by atoms with Gasteiger partial charge in [-0.15, -0.1) is 11.3 Å². The van der Waals surface area contributed by atoms with Gasteiger partial charge in [0.25, 0.3) is 0 Å². The molecule has 0 saturated carbocycles. The van der Waals surface area contributed by atoms with E-state index in [2.05, 4.69) is 67.1 Å². The fourth-order valence-electron chi connectivity index (χ4n) is 2.64. The molecule has 19 heavy (non-hydrogen) atoms. The van der Waals surface area contributed by atoms with Gasteiger partial charge in [0, 0.05) is 12.2 Å². The quantitative estimate of drug-likeness (QED) is 0.617. The van der Waals surface area contributed by atoms with Crippen molar-refractivity contribution >= 4 is 21.6 Å². The summed E-state index contributed by atoms with van der Waals surface area (Å²) in [6.45, 7) is 7.66. The molecular weight excluding hydrogens is 250 g/mol. The summed E-state index contributed by atoms with van der Waals surface area (Å²) in [5.41, 5.74) is 5.52. The van der Waals surface area contributed by atoms with E-state index in [1.807, 2.05) is 11.3 Å². The number of benzene rings is 1. The lowest BCUT2D eigenvalue weighted by Crippen LogP contribution is -2.05. The highest BCUT2D eigenvalue weighted by Gasteiger charge is 2.12. The minimum absolute atomic E-state index is 0.560.